The van der Waals surface area contributed by atoms with Gasteiger partial charge in [-0.15, -0.1) is 0 Å². The second-order valence-electron chi connectivity index (χ2n) is 4.48. The Hall–Kier alpha value is -1.81. The van der Waals surface area contributed by atoms with Gasteiger partial charge < -0.3 is 4.74 Å². The van der Waals surface area contributed by atoms with Gasteiger partial charge in [-0.2, -0.15) is 0 Å². The van der Waals surface area contributed by atoms with Crippen LogP contribution in [-0.2, 0) is 9.53 Å². The molecule has 1 aliphatic heterocycles. The standard InChI is InChI=1S/C16H8Cl3NO2/c17-10-5-6-11(13(19)8-10)15-20-14(16(21)22-15)7-9-3-1-2-4-12(9)18/h1-8H/b14-7-. The third-order valence-electron chi connectivity index (χ3n) is 2.98. The Morgan fingerprint density at radius 1 is 1.00 bits per heavy atom. The number of rotatable bonds is 2. The third kappa shape index (κ3) is 3.02. The van der Waals surface area contributed by atoms with Crippen molar-refractivity contribution >= 4 is 52.7 Å². The second kappa shape index (κ2) is 6.13. The van der Waals surface area contributed by atoms with E-state index in [1.807, 2.05) is 6.07 Å². The molecule has 2 aromatic rings. The van der Waals surface area contributed by atoms with Crippen molar-refractivity contribution in [1.82, 2.24) is 0 Å². The lowest BCUT2D eigenvalue weighted by atomic mass is 10.2. The van der Waals surface area contributed by atoms with Gasteiger partial charge in [0, 0.05) is 10.0 Å². The molecule has 0 saturated heterocycles. The number of aliphatic imine (C=N–C) groups is 1. The van der Waals surface area contributed by atoms with Crippen molar-refractivity contribution in [3.8, 4) is 0 Å². The van der Waals surface area contributed by atoms with Crippen molar-refractivity contribution in [3.05, 3.63) is 74.4 Å². The molecule has 3 nitrogen and oxygen atoms in total. The van der Waals surface area contributed by atoms with Crippen LogP contribution in [0.5, 0.6) is 0 Å². The van der Waals surface area contributed by atoms with Crippen molar-refractivity contribution < 1.29 is 9.53 Å². The first-order valence-electron chi connectivity index (χ1n) is 6.27. The van der Waals surface area contributed by atoms with Crippen LogP contribution in [-0.4, -0.2) is 11.9 Å². The molecule has 0 spiro atoms. The summed E-state index contributed by atoms with van der Waals surface area (Å²) in [6.45, 7) is 0. The summed E-state index contributed by atoms with van der Waals surface area (Å²) >= 11 is 18.0. The van der Waals surface area contributed by atoms with Crippen molar-refractivity contribution in [2.45, 2.75) is 0 Å². The Morgan fingerprint density at radius 3 is 2.50 bits per heavy atom. The lowest BCUT2D eigenvalue weighted by Crippen LogP contribution is -2.05. The monoisotopic (exact) mass is 351 g/mol. The molecule has 0 fully saturated rings. The summed E-state index contributed by atoms with van der Waals surface area (Å²) in [5.74, 6) is -0.411. The third-order valence-corrected chi connectivity index (χ3v) is 3.87. The van der Waals surface area contributed by atoms with Crippen molar-refractivity contribution in [3.63, 3.8) is 0 Å². The molecule has 0 aromatic heterocycles. The summed E-state index contributed by atoms with van der Waals surface area (Å²) in [5.41, 5.74) is 1.35. The average molecular weight is 353 g/mol. The minimum Gasteiger partial charge on any atom is -0.402 e. The highest BCUT2D eigenvalue weighted by molar-refractivity contribution is 6.37. The van der Waals surface area contributed by atoms with E-state index in [4.69, 9.17) is 39.5 Å². The van der Waals surface area contributed by atoms with E-state index in [1.54, 1.807) is 42.5 Å². The molecular weight excluding hydrogens is 345 g/mol. The van der Waals surface area contributed by atoms with Crippen molar-refractivity contribution in [2.75, 3.05) is 0 Å². The molecule has 2 aromatic carbocycles. The van der Waals surface area contributed by atoms with E-state index >= 15 is 0 Å². The predicted molar refractivity (Wildman–Crippen MR) is 88.5 cm³/mol. The van der Waals surface area contributed by atoms with Gasteiger partial charge in [0.1, 0.15) is 0 Å². The van der Waals surface area contributed by atoms with Crippen LogP contribution in [0.4, 0.5) is 0 Å². The minimum absolute atomic E-state index is 0.143. The largest absolute Gasteiger partial charge is 0.402 e. The van der Waals surface area contributed by atoms with E-state index in [9.17, 15) is 4.79 Å². The maximum absolute atomic E-state index is 11.9. The molecule has 1 aliphatic rings. The van der Waals surface area contributed by atoms with Crippen molar-refractivity contribution in [1.29, 1.82) is 0 Å². The normalized spacial score (nSPS) is 15.9. The van der Waals surface area contributed by atoms with E-state index < -0.39 is 5.97 Å². The molecule has 3 rings (SSSR count). The zero-order valence-corrected chi connectivity index (χ0v) is 13.3. The highest BCUT2D eigenvalue weighted by Gasteiger charge is 2.25. The molecule has 1 heterocycles. The number of benzene rings is 2. The summed E-state index contributed by atoms with van der Waals surface area (Å²) in [6.07, 6.45) is 1.57. The fraction of sp³-hybridized carbons (Fsp3) is 0. The fourth-order valence-electron chi connectivity index (χ4n) is 1.93. The number of hydrogen-bond acceptors (Lipinski definition) is 3. The smallest absolute Gasteiger partial charge is 0.363 e. The molecule has 0 unspecified atom stereocenters. The minimum atomic E-state index is -0.555. The summed E-state index contributed by atoms with van der Waals surface area (Å²) < 4.78 is 5.16. The molecule has 22 heavy (non-hydrogen) atoms. The van der Waals surface area contributed by atoms with E-state index in [1.165, 1.54) is 0 Å². The second-order valence-corrected chi connectivity index (χ2v) is 5.73. The maximum Gasteiger partial charge on any atom is 0.363 e. The Bertz CT molecular complexity index is 828. The molecule has 0 atom stereocenters. The number of carbonyl (C=O) groups excluding carboxylic acids is 1. The van der Waals surface area contributed by atoms with E-state index in [2.05, 4.69) is 4.99 Å². The van der Waals surface area contributed by atoms with Gasteiger partial charge >= 0.3 is 5.97 Å². The summed E-state index contributed by atoms with van der Waals surface area (Å²) in [6, 6.07) is 12.0. The Labute approximate surface area is 141 Å². The van der Waals surface area contributed by atoms with Gasteiger partial charge in [0.05, 0.1) is 10.6 Å². The Morgan fingerprint density at radius 2 is 1.77 bits per heavy atom. The van der Waals surface area contributed by atoms with Crippen LogP contribution in [0.25, 0.3) is 6.08 Å². The average Bonchev–Trinajstić information content (AvgIpc) is 2.82. The molecule has 0 aliphatic carbocycles. The number of nitrogens with zero attached hydrogens (tertiary/aromatic N) is 1. The number of hydrogen-bond donors (Lipinski definition) is 0. The van der Waals surface area contributed by atoms with Gasteiger partial charge in [0.2, 0.25) is 5.90 Å². The zero-order chi connectivity index (χ0) is 15.7. The lowest BCUT2D eigenvalue weighted by molar-refractivity contribution is -0.129. The highest BCUT2D eigenvalue weighted by Crippen LogP contribution is 2.27. The van der Waals surface area contributed by atoms with Crippen LogP contribution in [0.15, 0.2) is 53.2 Å². The summed E-state index contributed by atoms with van der Waals surface area (Å²) in [7, 11) is 0. The Balaban J connectivity index is 2.00. The zero-order valence-electron chi connectivity index (χ0n) is 11.0. The molecule has 0 bridgehead atoms. The van der Waals surface area contributed by atoms with Crippen LogP contribution in [0, 0.1) is 0 Å². The number of halogens is 3. The SMILES string of the molecule is O=C1OC(c2ccc(Cl)cc2Cl)=N/C1=C\c1ccccc1Cl. The number of cyclic esters (lactones) is 1. The quantitative estimate of drug-likeness (QED) is 0.564. The van der Waals surface area contributed by atoms with Gasteiger partial charge in [-0.05, 0) is 35.9 Å². The van der Waals surface area contributed by atoms with Crippen LogP contribution in [0.3, 0.4) is 0 Å². The first-order chi connectivity index (χ1) is 10.5. The molecule has 0 radical (unpaired) electrons. The molecule has 0 amide bonds. The van der Waals surface area contributed by atoms with Crippen LogP contribution in [0.2, 0.25) is 15.1 Å². The fourth-order valence-corrected chi connectivity index (χ4v) is 2.61. The number of carbonyl (C=O) groups is 1. The van der Waals surface area contributed by atoms with E-state index in [-0.39, 0.29) is 11.6 Å². The maximum atomic E-state index is 11.9. The molecule has 110 valence electrons. The first kappa shape index (κ1) is 15.1. The van der Waals surface area contributed by atoms with Crippen molar-refractivity contribution in [2.24, 2.45) is 4.99 Å². The molecule has 0 N–H and O–H groups in total. The van der Waals surface area contributed by atoms with Gasteiger partial charge in [-0.3, -0.25) is 0 Å². The van der Waals surface area contributed by atoms with Gasteiger partial charge in [-0.25, -0.2) is 9.79 Å². The summed E-state index contributed by atoms with van der Waals surface area (Å²) in [5, 5.41) is 1.37. The number of ether oxygens (including phenoxy) is 1. The number of esters is 1. The Kier molecular flexibility index (Phi) is 4.21. The molecule has 0 saturated carbocycles. The van der Waals surface area contributed by atoms with Crippen LogP contribution >= 0.6 is 34.8 Å². The topological polar surface area (TPSA) is 38.7 Å². The summed E-state index contributed by atoms with van der Waals surface area (Å²) in [4.78, 5) is 16.1. The molecule has 6 heteroatoms. The molecular formula is C16H8Cl3NO2. The van der Waals surface area contributed by atoms with Gasteiger partial charge in [0.15, 0.2) is 5.70 Å². The van der Waals surface area contributed by atoms with Crippen LogP contribution in [0.1, 0.15) is 11.1 Å². The predicted octanol–water partition coefficient (Wildman–Crippen LogP) is 4.99. The first-order valence-corrected chi connectivity index (χ1v) is 7.40. The lowest BCUT2D eigenvalue weighted by Gasteiger charge is -2.02. The van der Waals surface area contributed by atoms with E-state index in [0.29, 0.717) is 26.2 Å². The van der Waals surface area contributed by atoms with Gasteiger partial charge in [0.25, 0.3) is 0 Å². The van der Waals surface area contributed by atoms with E-state index in [0.717, 1.165) is 0 Å². The van der Waals surface area contributed by atoms with Crippen LogP contribution < -0.4 is 0 Å². The van der Waals surface area contributed by atoms with Gasteiger partial charge in [-0.1, -0.05) is 53.0 Å². The highest BCUT2D eigenvalue weighted by atomic mass is 35.5.